The lowest BCUT2D eigenvalue weighted by molar-refractivity contribution is -0.124. The number of amides is 1. The average Bonchev–Trinajstić information content (AvgIpc) is 3.21. The normalized spacial score (nSPS) is 13.6. The molecule has 0 spiro atoms. The molecule has 0 saturated carbocycles. The zero-order valence-electron chi connectivity index (χ0n) is 17.7. The number of nitrogens with one attached hydrogen (secondary N) is 1. The molecule has 3 aromatic rings. The number of nitrogens with zero attached hydrogens (tertiary/aromatic N) is 4. The Bertz CT molecular complexity index is 1230. The Balaban J connectivity index is 1.42. The van der Waals surface area contributed by atoms with Crippen molar-refractivity contribution in [1.82, 2.24) is 24.9 Å². The highest BCUT2D eigenvalue weighted by molar-refractivity contribution is 5.79. The summed E-state index contributed by atoms with van der Waals surface area (Å²) in [6.07, 6.45) is 2.67. The van der Waals surface area contributed by atoms with Gasteiger partial charge in [-0.3, -0.25) is 14.4 Å². The van der Waals surface area contributed by atoms with E-state index in [2.05, 4.69) is 15.5 Å². The van der Waals surface area contributed by atoms with E-state index >= 15 is 0 Å². The van der Waals surface area contributed by atoms with Gasteiger partial charge in [0.05, 0.1) is 17.9 Å². The second-order valence-corrected chi connectivity index (χ2v) is 7.87. The van der Waals surface area contributed by atoms with Crippen molar-refractivity contribution in [1.29, 1.82) is 0 Å². The fourth-order valence-electron chi connectivity index (χ4n) is 3.72. The smallest absolute Gasteiger partial charge is 0.267 e. The minimum atomic E-state index is -0.734. The van der Waals surface area contributed by atoms with Crippen LogP contribution >= 0.6 is 0 Å². The van der Waals surface area contributed by atoms with E-state index in [1.807, 2.05) is 31.2 Å². The first kappa shape index (κ1) is 20.7. The zero-order valence-corrected chi connectivity index (χ0v) is 17.7. The highest BCUT2D eigenvalue weighted by Crippen LogP contribution is 2.18. The number of benzene rings is 1. The fraction of sp³-hybridized carbons (Fsp3) is 0.348. The molecule has 31 heavy (non-hydrogen) atoms. The Kier molecular flexibility index (Phi) is 5.79. The van der Waals surface area contributed by atoms with Crippen molar-refractivity contribution in [3.8, 4) is 11.3 Å². The van der Waals surface area contributed by atoms with Gasteiger partial charge in [0.15, 0.2) is 0 Å². The molecule has 0 bridgehead atoms. The topological polar surface area (TPSA) is 98.9 Å². The molecule has 8 heteroatoms. The minimum Gasteiger partial charge on any atom is -0.352 e. The van der Waals surface area contributed by atoms with E-state index in [0.29, 0.717) is 5.69 Å². The third-order valence-electron chi connectivity index (χ3n) is 5.57. The van der Waals surface area contributed by atoms with Crippen LogP contribution in [0.25, 0.3) is 11.3 Å². The standard InChI is InChI=1S/C23H25N5O3/c1-15-6-8-17(9-7-15)20-10-11-21(29)27(25-20)13-12-24-23(31)16(2)28-22(30)14-18-4-3-5-19(18)26-28/h6-11,14,16H,3-5,12-13H2,1-2H3,(H,24,31). The van der Waals surface area contributed by atoms with E-state index in [-0.39, 0.29) is 30.1 Å². The summed E-state index contributed by atoms with van der Waals surface area (Å²) in [4.78, 5) is 37.1. The predicted molar refractivity (Wildman–Crippen MR) is 117 cm³/mol. The van der Waals surface area contributed by atoms with Gasteiger partial charge in [-0.1, -0.05) is 29.8 Å². The minimum absolute atomic E-state index is 0.215. The number of aryl methyl sites for hydroxylation is 3. The van der Waals surface area contributed by atoms with Gasteiger partial charge in [-0.05, 0) is 44.7 Å². The zero-order chi connectivity index (χ0) is 22.0. The van der Waals surface area contributed by atoms with Gasteiger partial charge in [-0.25, -0.2) is 9.36 Å². The number of hydrogen-bond acceptors (Lipinski definition) is 5. The summed E-state index contributed by atoms with van der Waals surface area (Å²) in [6.45, 7) is 4.10. The SMILES string of the molecule is Cc1ccc(-c2ccc(=O)n(CCNC(=O)C(C)n3nc4c(cc3=O)CCC4)n2)cc1. The van der Waals surface area contributed by atoms with Gasteiger partial charge in [0.1, 0.15) is 6.04 Å². The summed E-state index contributed by atoms with van der Waals surface area (Å²) < 4.78 is 2.57. The second kappa shape index (κ2) is 8.67. The van der Waals surface area contributed by atoms with E-state index in [1.165, 1.54) is 15.4 Å². The summed E-state index contributed by atoms with van der Waals surface area (Å²) >= 11 is 0. The molecular formula is C23H25N5O3. The van der Waals surface area contributed by atoms with Gasteiger partial charge >= 0.3 is 0 Å². The molecule has 2 aromatic heterocycles. The lowest BCUT2D eigenvalue weighted by Gasteiger charge is -2.15. The molecule has 4 rings (SSSR count). The van der Waals surface area contributed by atoms with E-state index in [1.54, 1.807) is 19.1 Å². The molecule has 0 aliphatic heterocycles. The van der Waals surface area contributed by atoms with Crippen LogP contribution in [0.4, 0.5) is 0 Å². The summed E-state index contributed by atoms with van der Waals surface area (Å²) in [5, 5.41) is 11.6. The Labute approximate surface area is 179 Å². The van der Waals surface area contributed by atoms with Gasteiger partial charge in [0.25, 0.3) is 11.1 Å². The molecule has 0 fully saturated rings. The molecule has 1 atom stereocenters. The first-order valence-electron chi connectivity index (χ1n) is 10.5. The van der Waals surface area contributed by atoms with Gasteiger partial charge in [0, 0.05) is 24.2 Å². The first-order valence-corrected chi connectivity index (χ1v) is 10.5. The Hall–Kier alpha value is -3.55. The molecule has 1 aliphatic rings. The molecule has 1 aliphatic carbocycles. The van der Waals surface area contributed by atoms with Crippen LogP contribution in [0.5, 0.6) is 0 Å². The van der Waals surface area contributed by atoms with E-state index < -0.39 is 6.04 Å². The molecule has 1 amide bonds. The number of hydrogen-bond donors (Lipinski definition) is 1. The van der Waals surface area contributed by atoms with Crippen molar-refractivity contribution in [2.24, 2.45) is 0 Å². The van der Waals surface area contributed by atoms with Crippen molar-refractivity contribution in [3.05, 3.63) is 80.0 Å². The van der Waals surface area contributed by atoms with Gasteiger partial charge in [0.2, 0.25) is 5.91 Å². The van der Waals surface area contributed by atoms with Crippen LogP contribution in [0.2, 0.25) is 0 Å². The van der Waals surface area contributed by atoms with Crippen molar-refractivity contribution >= 4 is 5.91 Å². The van der Waals surface area contributed by atoms with Crippen LogP contribution in [0.3, 0.4) is 0 Å². The summed E-state index contributed by atoms with van der Waals surface area (Å²) in [5.41, 5.74) is 4.11. The van der Waals surface area contributed by atoms with Crippen LogP contribution in [0.15, 0.2) is 52.1 Å². The highest BCUT2D eigenvalue weighted by Gasteiger charge is 2.21. The van der Waals surface area contributed by atoms with Crippen molar-refractivity contribution in [3.63, 3.8) is 0 Å². The lowest BCUT2D eigenvalue weighted by Crippen LogP contribution is -2.39. The van der Waals surface area contributed by atoms with Gasteiger partial charge < -0.3 is 5.32 Å². The maximum Gasteiger partial charge on any atom is 0.267 e. The Morgan fingerprint density at radius 3 is 2.61 bits per heavy atom. The second-order valence-electron chi connectivity index (χ2n) is 7.87. The van der Waals surface area contributed by atoms with E-state index in [0.717, 1.165) is 41.6 Å². The Morgan fingerprint density at radius 2 is 1.84 bits per heavy atom. The number of carbonyl (C=O) groups excluding carboxylic acids is 1. The monoisotopic (exact) mass is 419 g/mol. The van der Waals surface area contributed by atoms with E-state index in [4.69, 9.17) is 0 Å². The molecule has 160 valence electrons. The highest BCUT2D eigenvalue weighted by atomic mass is 16.2. The fourth-order valence-corrected chi connectivity index (χ4v) is 3.72. The van der Waals surface area contributed by atoms with Crippen LogP contribution in [0, 0.1) is 6.92 Å². The predicted octanol–water partition coefficient (Wildman–Crippen LogP) is 1.64. The van der Waals surface area contributed by atoms with Crippen LogP contribution in [0.1, 0.15) is 36.2 Å². The van der Waals surface area contributed by atoms with Crippen molar-refractivity contribution in [2.45, 2.75) is 45.7 Å². The van der Waals surface area contributed by atoms with Crippen LogP contribution in [-0.4, -0.2) is 32.0 Å². The molecule has 1 unspecified atom stereocenters. The molecule has 0 radical (unpaired) electrons. The average molecular weight is 419 g/mol. The number of carbonyl (C=O) groups is 1. The molecule has 8 nitrogen and oxygen atoms in total. The number of fused-ring (bicyclic) bond motifs is 1. The number of aromatic nitrogens is 4. The molecule has 0 saturated heterocycles. The largest absolute Gasteiger partial charge is 0.352 e. The third kappa shape index (κ3) is 4.47. The summed E-state index contributed by atoms with van der Waals surface area (Å²) in [7, 11) is 0. The van der Waals surface area contributed by atoms with E-state index in [9.17, 15) is 14.4 Å². The summed E-state index contributed by atoms with van der Waals surface area (Å²) in [5.74, 6) is -0.324. The Morgan fingerprint density at radius 1 is 1.06 bits per heavy atom. The molecular weight excluding hydrogens is 394 g/mol. The van der Waals surface area contributed by atoms with Crippen molar-refractivity contribution in [2.75, 3.05) is 6.54 Å². The van der Waals surface area contributed by atoms with Crippen LogP contribution < -0.4 is 16.4 Å². The maximum absolute atomic E-state index is 12.6. The molecule has 1 aromatic carbocycles. The summed E-state index contributed by atoms with van der Waals surface area (Å²) in [6, 6.07) is 11.9. The molecule has 1 N–H and O–H groups in total. The maximum atomic E-state index is 12.6. The van der Waals surface area contributed by atoms with Gasteiger partial charge in [-0.15, -0.1) is 0 Å². The first-order chi connectivity index (χ1) is 14.9. The molecule has 2 heterocycles. The third-order valence-corrected chi connectivity index (χ3v) is 5.57. The van der Waals surface area contributed by atoms with Gasteiger partial charge in [-0.2, -0.15) is 10.2 Å². The lowest BCUT2D eigenvalue weighted by atomic mass is 10.1. The van der Waals surface area contributed by atoms with Crippen molar-refractivity contribution < 1.29 is 4.79 Å². The van der Waals surface area contributed by atoms with Crippen LogP contribution in [-0.2, 0) is 24.2 Å². The number of rotatable bonds is 6. The quantitative estimate of drug-likeness (QED) is 0.655.